The lowest BCUT2D eigenvalue weighted by Crippen LogP contribution is -2.32. The molecule has 292 valence electrons. The molecule has 0 saturated heterocycles. The van der Waals surface area contributed by atoms with Crippen molar-refractivity contribution in [1.82, 2.24) is 30.2 Å². The van der Waals surface area contributed by atoms with E-state index >= 15 is 0 Å². The Hall–Kier alpha value is -8.29. The van der Waals surface area contributed by atoms with Crippen molar-refractivity contribution in [2.24, 2.45) is 0 Å². The van der Waals surface area contributed by atoms with Gasteiger partial charge in [0.15, 0.2) is 17.5 Å². The highest BCUT2D eigenvalue weighted by Gasteiger charge is 2.51. The molecule has 0 saturated carbocycles. The number of rotatable bonds is 6. The second kappa shape index (κ2) is 14.5. The van der Waals surface area contributed by atoms with Gasteiger partial charge < -0.3 is 10.1 Å². The van der Waals surface area contributed by atoms with Crippen molar-refractivity contribution in [3.8, 4) is 79.3 Å². The zero-order chi connectivity index (χ0) is 41.0. The molecule has 2 aliphatic heterocycles. The molecule has 1 N–H and O–H groups in total. The summed E-state index contributed by atoms with van der Waals surface area (Å²) in [5.74, 6) is 3.51. The SMILES string of the molecule is C1=CCNC(c2cc(-c3ccc(-c4nc(-c5ccccc5)nc(-c5cccc6c5-c5ccccc5C65c6ccccc6Oc6ccccc65)n4)cc3)cc(-c3ccccn3)n2)=C1. The molecule has 0 unspecified atom stereocenters. The predicted molar refractivity (Wildman–Crippen MR) is 245 cm³/mol. The number of nitrogens with zero attached hydrogens (tertiary/aromatic N) is 5. The van der Waals surface area contributed by atoms with Gasteiger partial charge in [-0.1, -0.05) is 152 Å². The van der Waals surface area contributed by atoms with Crippen LogP contribution in [-0.2, 0) is 5.41 Å². The summed E-state index contributed by atoms with van der Waals surface area (Å²) in [6.45, 7) is 0.750. The van der Waals surface area contributed by atoms with Crippen LogP contribution in [0.15, 0.2) is 200 Å². The molecule has 62 heavy (non-hydrogen) atoms. The van der Waals surface area contributed by atoms with Crippen LogP contribution >= 0.6 is 0 Å². The maximum absolute atomic E-state index is 6.59. The summed E-state index contributed by atoms with van der Waals surface area (Å²) < 4.78 is 6.59. The fourth-order valence-electron chi connectivity index (χ4n) is 9.36. The van der Waals surface area contributed by atoms with Crippen molar-refractivity contribution < 1.29 is 4.74 Å². The number of aromatic nitrogens is 5. The van der Waals surface area contributed by atoms with E-state index in [9.17, 15) is 0 Å². The van der Waals surface area contributed by atoms with Gasteiger partial charge in [0.25, 0.3) is 0 Å². The molecule has 1 aliphatic carbocycles. The number of allylic oxidation sites excluding steroid dienone is 2. The Bertz CT molecular complexity index is 3220. The number of dihydropyridines is 1. The summed E-state index contributed by atoms with van der Waals surface area (Å²) in [6, 6.07) is 60.9. The van der Waals surface area contributed by atoms with Crippen LogP contribution in [-0.4, -0.2) is 31.5 Å². The molecule has 12 rings (SSSR count). The second-order valence-electron chi connectivity index (χ2n) is 15.6. The summed E-state index contributed by atoms with van der Waals surface area (Å²) in [5.41, 5.74) is 14.5. The summed E-state index contributed by atoms with van der Waals surface area (Å²) in [4.78, 5) is 25.4. The second-order valence-corrected chi connectivity index (χ2v) is 15.6. The van der Waals surface area contributed by atoms with Crippen molar-refractivity contribution in [2.75, 3.05) is 6.54 Å². The standard InChI is InChI=1S/C55H36N6O/c1-2-15-36(16-3-1)52-59-53(37-29-27-35(28-30-37)38-33-47(45-23-10-12-31-56-45)58-48(34-38)46-24-11-13-32-57-46)61-54(60-52)40-18-14-22-44-51(40)39-17-4-5-19-41(39)55(44)42-20-6-8-25-49(42)62-50-26-9-7-21-43(50)55/h1-31,33-34,57H,32H2. The Morgan fingerprint density at radius 2 is 1.06 bits per heavy atom. The number of nitrogens with one attached hydrogen (secondary N) is 1. The molecule has 1 spiro atoms. The Morgan fingerprint density at radius 1 is 0.452 bits per heavy atom. The first-order chi connectivity index (χ1) is 30.7. The zero-order valence-electron chi connectivity index (χ0n) is 33.4. The average molecular weight is 797 g/mol. The molecule has 0 fully saturated rings. The van der Waals surface area contributed by atoms with Crippen LogP contribution in [0.1, 0.15) is 27.9 Å². The van der Waals surface area contributed by atoms with Gasteiger partial charge in [-0.05, 0) is 75.9 Å². The average Bonchev–Trinajstić information content (AvgIpc) is 3.65. The smallest absolute Gasteiger partial charge is 0.164 e. The number of benzene rings is 6. The number of ether oxygens (including phenoxy) is 1. The molecule has 0 amide bonds. The van der Waals surface area contributed by atoms with Gasteiger partial charge in [0, 0.05) is 40.6 Å². The molecule has 9 aromatic rings. The molecule has 0 atom stereocenters. The third-order valence-electron chi connectivity index (χ3n) is 12.1. The predicted octanol–water partition coefficient (Wildman–Crippen LogP) is 12.0. The van der Waals surface area contributed by atoms with Crippen LogP contribution in [0.4, 0.5) is 0 Å². The quantitative estimate of drug-likeness (QED) is 0.179. The minimum atomic E-state index is -0.606. The van der Waals surface area contributed by atoms with Crippen LogP contribution < -0.4 is 10.1 Å². The van der Waals surface area contributed by atoms with E-state index in [0.717, 1.165) is 90.9 Å². The van der Waals surface area contributed by atoms with Gasteiger partial charge in [-0.15, -0.1) is 0 Å². The molecule has 0 bridgehead atoms. The molecule has 7 heteroatoms. The van der Waals surface area contributed by atoms with Crippen molar-refractivity contribution >= 4 is 5.70 Å². The molecule has 6 aromatic carbocycles. The number of fused-ring (bicyclic) bond motifs is 9. The van der Waals surface area contributed by atoms with Crippen molar-refractivity contribution in [2.45, 2.75) is 5.41 Å². The lowest BCUT2D eigenvalue weighted by molar-refractivity contribution is 0.436. The fourth-order valence-corrected chi connectivity index (χ4v) is 9.36. The third-order valence-corrected chi connectivity index (χ3v) is 12.1. The monoisotopic (exact) mass is 796 g/mol. The Kier molecular flexibility index (Phi) is 8.31. The van der Waals surface area contributed by atoms with Crippen molar-refractivity contribution in [3.63, 3.8) is 0 Å². The van der Waals surface area contributed by atoms with Gasteiger partial charge in [0.2, 0.25) is 0 Å². The van der Waals surface area contributed by atoms with Crippen LogP contribution in [0.2, 0.25) is 0 Å². The first-order valence-electron chi connectivity index (χ1n) is 20.8. The Labute approximate surface area is 358 Å². The van der Waals surface area contributed by atoms with E-state index in [-0.39, 0.29) is 0 Å². The number of para-hydroxylation sites is 2. The van der Waals surface area contributed by atoms with E-state index in [4.69, 9.17) is 24.7 Å². The van der Waals surface area contributed by atoms with Crippen LogP contribution in [0.3, 0.4) is 0 Å². The molecular formula is C55H36N6O. The highest BCUT2D eigenvalue weighted by Crippen LogP contribution is 2.63. The lowest BCUT2D eigenvalue weighted by Gasteiger charge is -2.39. The molecule has 5 heterocycles. The maximum Gasteiger partial charge on any atom is 0.164 e. The normalized spacial score (nSPS) is 13.8. The van der Waals surface area contributed by atoms with E-state index in [2.05, 4.69) is 144 Å². The minimum Gasteiger partial charge on any atom is -0.457 e. The fraction of sp³-hybridized carbons (Fsp3) is 0.0364. The van der Waals surface area contributed by atoms with Crippen molar-refractivity contribution in [3.05, 3.63) is 228 Å². The number of pyridine rings is 2. The van der Waals surface area contributed by atoms with E-state index in [1.165, 1.54) is 11.1 Å². The van der Waals surface area contributed by atoms with E-state index in [1.54, 1.807) is 6.20 Å². The molecule has 0 radical (unpaired) electrons. The maximum atomic E-state index is 6.59. The third kappa shape index (κ3) is 5.70. The van der Waals surface area contributed by atoms with Crippen LogP contribution in [0.5, 0.6) is 11.5 Å². The summed E-state index contributed by atoms with van der Waals surface area (Å²) in [6.07, 6.45) is 8.01. The summed E-state index contributed by atoms with van der Waals surface area (Å²) >= 11 is 0. The van der Waals surface area contributed by atoms with E-state index < -0.39 is 5.41 Å². The van der Waals surface area contributed by atoms with Gasteiger partial charge in [-0.3, -0.25) is 4.98 Å². The zero-order valence-corrected chi connectivity index (χ0v) is 33.4. The molecule has 3 aliphatic rings. The molecule has 7 nitrogen and oxygen atoms in total. The Morgan fingerprint density at radius 3 is 1.79 bits per heavy atom. The topological polar surface area (TPSA) is 85.7 Å². The lowest BCUT2D eigenvalue weighted by atomic mass is 9.66. The van der Waals surface area contributed by atoms with E-state index in [0.29, 0.717) is 17.5 Å². The van der Waals surface area contributed by atoms with Gasteiger partial charge in [0.1, 0.15) is 11.5 Å². The highest BCUT2D eigenvalue weighted by molar-refractivity contribution is 5.95. The largest absolute Gasteiger partial charge is 0.457 e. The van der Waals surface area contributed by atoms with Gasteiger partial charge in [0.05, 0.1) is 28.2 Å². The molecular weight excluding hydrogens is 761 g/mol. The van der Waals surface area contributed by atoms with Gasteiger partial charge >= 0.3 is 0 Å². The molecule has 3 aromatic heterocycles. The van der Waals surface area contributed by atoms with Gasteiger partial charge in [-0.25, -0.2) is 19.9 Å². The Balaban J connectivity index is 1.02. The van der Waals surface area contributed by atoms with Crippen molar-refractivity contribution in [1.29, 1.82) is 0 Å². The summed E-state index contributed by atoms with van der Waals surface area (Å²) in [5, 5.41) is 3.47. The summed E-state index contributed by atoms with van der Waals surface area (Å²) in [7, 11) is 0. The first-order valence-corrected chi connectivity index (χ1v) is 20.8. The van der Waals surface area contributed by atoms with E-state index in [1.807, 2.05) is 60.7 Å². The number of hydrogen-bond acceptors (Lipinski definition) is 7. The van der Waals surface area contributed by atoms with Gasteiger partial charge in [-0.2, -0.15) is 0 Å². The number of hydrogen-bond donors (Lipinski definition) is 1. The highest BCUT2D eigenvalue weighted by atomic mass is 16.5. The first kappa shape index (κ1) is 35.6. The van der Waals surface area contributed by atoms with Crippen LogP contribution in [0, 0.1) is 0 Å². The minimum absolute atomic E-state index is 0.591. The van der Waals surface area contributed by atoms with Crippen LogP contribution in [0.25, 0.3) is 73.5 Å².